The van der Waals surface area contributed by atoms with Crippen LogP contribution in [-0.4, -0.2) is 25.0 Å². The van der Waals surface area contributed by atoms with Crippen LogP contribution < -0.4 is 10.1 Å². The third kappa shape index (κ3) is 5.28. The van der Waals surface area contributed by atoms with Gasteiger partial charge in [-0.3, -0.25) is 9.59 Å². The summed E-state index contributed by atoms with van der Waals surface area (Å²) in [5, 5.41) is 3.31. The molecule has 0 aliphatic carbocycles. The third-order valence-corrected chi connectivity index (χ3v) is 4.47. The second kappa shape index (κ2) is 8.97. The summed E-state index contributed by atoms with van der Waals surface area (Å²) >= 11 is 5.79. The van der Waals surface area contributed by atoms with E-state index in [9.17, 15) is 14.0 Å². The molecule has 0 spiro atoms. The molecule has 1 N–H and O–H groups in total. The smallest absolute Gasteiger partial charge is 0.220 e. The normalized spacial score (nSPS) is 12.8. The Morgan fingerprint density at radius 2 is 1.93 bits per heavy atom. The standard InChI is InChI=1S/C20H19ClFNO4/c21-16-3-1-13(2-4-16)18(24)5-6-19(25)23-8-7-14-9-17(22)10-15-11-26-12-27-20(14)15/h1-4,9-10H,5-8,11-12H2,(H,23,25). The van der Waals surface area contributed by atoms with E-state index in [1.807, 2.05) is 0 Å². The molecule has 1 heterocycles. The largest absolute Gasteiger partial charge is 0.467 e. The van der Waals surface area contributed by atoms with Gasteiger partial charge in [-0.2, -0.15) is 0 Å². The zero-order chi connectivity index (χ0) is 19.2. The van der Waals surface area contributed by atoms with Crippen molar-refractivity contribution in [3.8, 4) is 5.75 Å². The van der Waals surface area contributed by atoms with E-state index in [0.717, 1.165) is 0 Å². The maximum Gasteiger partial charge on any atom is 0.220 e. The first kappa shape index (κ1) is 19.3. The molecule has 2 aromatic rings. The fourth-order valence-corrected chi connectivity index (χ4v) is 3.00. The van der Waals surface area contributed by atoms with Gasteiger partial charge in [0.05, 0.1) is 6.61 Å². The van der Waals surface area contributed by atoms with Crippen molar-refractivity contribution in [2.45, 2.75) is 25.9 Å². The SMILES string of the molecule is O=C(CCC(=O)c1ccc(Cl)cc1)NCCc1cc(F)cc2c1OCOC2. The van der Waals surface area contributed by atoms with E-state index in [1.165, 1.54) is 12.1 Å². The monoisotopic (exact) mass is 391 g/mol. The Labute approximate surface area is 161 Å². The number of amides is 1. The number of nitrogens with one attached hydrogen (secondary N) is 1. The zero-order valence-corrected chi connectivity index (χ0v) is 15.4. The first-order valence-corrected chi connectivity index (χ1v) is 8.98. The van der Waals surface area contributed by atoms with Gasteiger partial charge >= 0.3 is 0 Å². The summed E-state index contributed by atoms with van der Waals surface area (Å²) in [6, 6.07) is 9.35. The number of ether oxygens (including phenoxy) is 2. The predicted molar refractivity (Wildman–Crippen MR) is 98.4 cm³/mol. The number of fused-ring (bicyclic) bond motifs is 1. The lowest BCUT2D eigenvalue weighted by Crippen LogP contribution is -2.26. The van der Waals surface area contributed by atoms with Crippen LogP contribution in [0.2, 0.25) is 5.02 Å². The highest BCUT2D eigenvalue weighted by atomic mass is 35.5. The Morgan fingerprint density at radius 3 is 2.70 bits per heavy atom. The molecular formula is C20H19ClFNO4. The molecule has 1 aliphatic rings. The summed E-state index contributed by atoms with van der Waals surface area (Å²) in [4.78, 5) is 24.0. The third-order valence-electron chi connectivity index (χ3n) is 4.21. The van der Waals surface area contributed by atoms with Crippen LogP contribution in [0.5, 0.6) is 5.75 Å². The van der Waals surface area contributed by atoms with E-state index >= 15 is 0 Å². The van der Waals surface area contributed by atoms with Crippen LogP contribution in [0.3, 0.4) is 0 Å². The summed E-state index contributed by atoms with van der Waals surface area (Å²) in [5.41, 5.74) is 1.87. The van der Waals surface area contributed by atoms with Crippen molar-refractivity contribution in [1.29, 1.82) is 0 Å². The van der Waals surface area contributed by atoms with Crippen LogP contribution in [0.1, 0.15) is 34.3 Å². The topological polar surface area (TPSA) is 64.6 Å². The molecule has 5 nitrogen and oxygen atoms in total. The first-order chi connectivity index (χ1) is 13.0. The van der Waals surface area contributed by atoms with Crippen molar-refractivity contribution in [3.63, 3.8) is 0 Å². The van der Waals surface area contributed by atoms with Gasteiger partial charge in [0.1, 0.15) is 11.6 Å². The van der Waals surface area contributed by atoms with Crippen molar-refractivity contribution in [3.05, 3.63) is 63.9 Å². The zero-order valence-electron chi connectivity index (χ0n) is 14.6. The molecular weight excluding hydrogens is 373 g/mol. The van der Waals surface area contributed by atoms with Gasteiger partial charge in [0.25, 0.3) is 0 Å². The highest BCUT2D eigenvalue weighted by Crippen LogP contribution is 2.29. The highest BCUT2D eigenvalue weighted by Gasteiger charge is 2.17. The van der Waals surface area contributed by atoms with Crippen LogP contribution in [0.4, 0.5) is 4.39 Å². The van der Waals surface area contributed by atoms with E-state index in [4.69, 9.17) is 21.1 Å². The van der Waals surface area contributed by atoms with Crippen LogP contribution >= 0.6 is 11.6 Å². The lowest BCUT2D eigenvalue weighted by atomic mass is 10.0. The van der Waals surface area contributed by atoms with Crippen molar-refractivity contribution in [2.24, 2.45) is 0 Å². The van der Waals surface area contributed by atoms with Crippen molar-refractivity contribution < 1.29 is 23.5 Å². The average Bonchev–Trinajstić information content (AvgIpc) is 2.66. The molecule has 142 valence electrons. The number of ketones is 1. The number of Topliss-reactive ketones (excluding diaryl/α,β-unsaturated/α-hetero) is 1. The van der Waals surface area contributed by atoms with Crippen molar-refractivity contribution >= 4 is 23.3 Å². The second-order valence-corrected chi connectivity index (χ2v) is 6.63. The van der Waals surface area contributed by atoms with Crippen LogP contribution in [0.25, 0.3) is 0 Å². The molecule has 0 atom stereocenters. The number of carbonyl (C=O) groups is 2. The summed E-state index contributed by atoms with van der Waals surface area (Å²) < 4.78 is 24.3. The molecule has 7 heteroatoms. The Kier molecular flexibility index (Phi) is 6.42. The van der Waals surface area contributed by atoms with E-state index in [1.54, 1.807) is 24.3 Å². The maximum atomic E-state index is 13.7. The number of carbonyl (C=O) groups excluding carboxylic acids is 2. The molecule has 3 rings (SSSR count). The number of rotatable bonds is 7. The summed E-state index contributed by atoms with van der Waals surface area (Å²) in [6.07, 6.45) is 0.632. The minimum Gasteiger partial charge on any atom is -0.467 e. The summed E-state index contributed by atoms with van der Waals surface area (Å²) in [7, 11) is 0. The lowest BCUT2D eigenvalue weighted by Gasteiger charge is -2.21. The molecule has 0 bridgehead atoms. The van der Waals surface area contributed by atoms with Crippen molar-refractivity contribution in [2.75, 3.05) is 13.3 Å². The molecule has 1 amide bonds. The van der Waals surface area contributed by atoms with Gasteiger partial charge in [-0.05, 0) is 48.4 Å². The van der Waals surface area contributed by atoms with E-state index in [-0.39, 0.29) is 37.1 Å². The van der Waals surface area contributed by atoms with Crippen LogP contribution in [-0.2, 0) is 22.6 Å². The minimum absolute atomic E-state index is 0.0903. The predicted octanol–water partition coefficient (Wildman–Crippen LogP) is 3.67. The van der Waals surface area contributed by atoms with Crippen LogP contribution in [0.15, 0.2) is 36.4 Å². The highest BCUT2D eigenvalue weighted by molar-refractivity contribution is 6.30. The molecule has 0 unspecified atom stereocenters. The van der Waals surface area contributed by atoms with Gasteiger partial charge in [0.2, 0.25) is 5.91 Å². The van der Waals surface area contributed by atoms with E-state index in [0.29, 0.717) is 47.0 Å². The molecule has 1 aliphatic heterocycles. The fourth-order valence-electron chi connectivity index (χ4n) is 2.87. The molecule has 0 saturated heterocycles. The minimum atomic E-state index is -0.363. The fraction of sp³-hybridized carbons (Fsp3) is 0.300. The van der Waals surface area contributed by atoms with E-state index < -0.39 is 0 Å². The summed E-state index contributed by atoms with van der Waals surface area (Å²) in [6.45, 7) is 0.762. The molecule has 2 aromatic carbocycles. The van der Waals surface area contributed by atoms with Gasteiger partial charge < -0.3 is 14.8 Å². The average molecular weight is 392 g/mol. The lowest BCUT2D eigenvalue weighted by molar-refractivity contribution is -0.121. The van der Waals surface area contributed by atoms with Gasteiger partial charge in [-0.25, -0.2) is 4.39 Å². The van der Waals surface area contributed by atoms with Gasteiger partial charge in [-0.15, -0.1) is 0 Å². The Bertz CT molecular complexity index is 839. The number of halogens is 2. The maximum absolute atomic E-state index is 13.7. The molecule has 0 fully saturated rings. The van der Waals surface area contributed by atoms with E-state index in [2.05, 4.69) is 5.32 Å². The Hall–Kier alpha value is -2.44. The van der Waals surface area contributed by atoms with Gasteiger partial charge in [0.15, 0.2) is 12.6 Å². The molecule has 0 radical (unpaired) electrons. The van der Waals surface area contributed by atoms with Gasteiger partial charge in [0, 0.05) is 35.5 Å². The molecule has 0 aromatic heterocycles. The number of benzene rings is 2. The number of hydrogen-bond acceptors (Lipinski definition) is 4. The quantitative estimate of drug-likeness (QED) is 0.731. The Morgan fingerprint density at radius 1 is 1.15 bits per heavy atom. The van der Waals surface area contributed by atoms with Crippen molar-refractivity contribution in [1.82, 2.24) is 5.32 Å². The van der Waals surface area contributed by atoms with Crippen LogP contribution in [0, 0.1) is 5.82 Å². The van der Waals surface area contributed by atoms with Gasteiger partial charge in [-0.1, -0.05) is 11.6 Å². The Balaban J connectivity index is 1.47. The number of hydrogen-bond donors (Lipinski definition) is 1. The molecule has 27 heavy (non-hydrogen) atoms. The summed E-state index contributed by atoms with van der Waals surface area (Å²) in [5.74, 6) is -0.0891. The molecule has 0 saturated carbocycles. The second-order valence-electron chi connectivity index (χ2n) is 6.19. The first-order valence-electron chi connectivity index (χ1n) is 8.60.